The maximum Gasteiger partial charge on any atom is 0.414 e. The van der Waals surface area contributed by atoms with Gasteiger partial charge in [0.2, 0.25) is 0 Å². The number of amides is 1. The number of carbonyl (C=O) groups is 1. The molecular weight excluding hydrogens is 389 g/mol. The Morgan fingerprint density at radius 1 is 1.23 bits per heavy atom. The molecule has 0 unspecified atom stereocenters. The fourth-order valence-corrected chi connectivity index (χ4v) is 4.26. The Kier molecular flexibility index (Phi) is 6.30. The lowest BCUT2D eigenvalue weighted by atomic mass is 10.0. The molecule has 0 aromatic heterocycles. The lowest BCUT2D eigenvalue weighted by Gasteiger charge is -2.22. The summed E-state index contributed by atoms with van der Waals surface area (Å²) in [6.07, 6.45) is 2.09. The largest absolute Gasteiger partial charge is 0.447 e. The topological polar surface area (TPSA) is 29.5 Å². The molecule has 0 N–H and O–H groups in total. The number of hydrogen-bond donors (Lipinski definition) is 0. The zero-order chi connectivity index (χ0) is 18.5. The van der Waals surface area contributed by atoms with Crippen LogP contribution in [0.4, 0.5) is 4.79 Å². The SMILES string of the molecule is C=CC/C(=C(\Sc1ccc(Cl)cc1Cl)N1CCOC1=O)c1ccccc1. The predicted octanol–water partition coefficient (Wildman–Crippen LogP) is 6.48. The van der Waals surface area contributed by atoms with Gasteiger partial charge in [-0.25, -0.2) is 4.79 Å². The number of halogens is 2. The first kappa shape index (κ1) is 18.9. The van der Waals surface area contributed by atoms with E-state index >= 15 is 0 Å². The van der Waals surface area contributed by atoms with Crippen molar-refractivity contribution in [2.45, 2.75) is 11.3 Å². The second-order valence-electron chi connectivity index (χ2n) is 5.59. The number of benzene rings is 2. The van der Waals surface area contributed by atoms with Gasteiger partial charge in [0.25, 0.3) is 0 Å². The summed E-state index contributed by atoms with van der Waals surface area (Å²) in [5, 5.41) is 1.90. The van der Waals surface area contributed by atoms with Gasteiger partial charge in [0.1, 0.15) is 6.61 Å². The number of cyclic esters (lactones) is 1. The van der Waals surface area contributed by atoms with Crippen molar-refractivity contribution in [3.05, 3.63) is 81.8 Å². The zero-order valence-electron chi connectivity index (χ0n) is 14.0. The lowest BCUT2D eigenvalue weighted by molar-refractivity contribution is 0.165. The van der Waals surface area contributed by atoms with Crippen LogP contribution in [0.1, 0.15) is 12.0 Å². The summed E-state index contributed by atoms with van der Waals surface area (Å²) in [7, 11) is 0. The number of hydrogen-bond acceptors (Lipinski definition) is 3. The Balaban J connectivity index is 2.12. The van der Waals surface area contributed by atoms with E-state index < -0.39 is 0 Å². The molecule has 0 aliphatic carbocycles. The van der Waals surface area contributed by atoms with Crippen LogP contribution in [0.3, 0.4) is 0 Å². The van der Waals surface area contributed by atoms with E-state index in [-0.39, 0.29) is 6.09 Å². The molecular formula is C20H17Cl2NO2S. The second kappa shape index (κ2) is 8.67. The van der Waals surface area contributed by atoms with Crippen molar-refractivity contribution in [1.29, 1.82) is 0 Å². The van der Waals surface area contributed by atoms with Crippen LogP contribution < -0.4 is 0 Å². The summed E-state index contributed by atoms with van der Waals surface area (Å²) >= 11 is 13.8. The molecule has 0 bridgehead atoms. The number of carbonyl (C=O) groups excluding carboxylic acids is 1. The molecule has 0 saturated carbocycles. The minimum absolute atomic E-state index is 0.352. The van der Waals surface area contributed by atoms with E-state index in [2.05, 4.69) is 6.58 Å². The second-order valence-corrected chi connectivity index (χ2v) is 7.46. The highest BCUT2D eigenvalue weighted by Crippen LogP contribution is 2.41. The molecule has 1 saturated heterocycles. The van der Waals surface area contributed by atoms with Gasteiger partial charge >= 0.3 is 6.09 Å². The molecule has 3 rings (SSSR count). The first-order valence-corrected chi connectivity index (χ1v) is 9.64. The van der Waals surface area contributed by atoms with E-state index in [4.69, 9.17) is 27.9 Å². The summed E-state index contributed by atoms with van der Waals surface area (Å²) in [6.45, 7) is 4.74. The molecule has 0 atom stereocenters. The number of ether oxygens (including phenoxy) is 1. The van der Waals surface area contributed by atoms with Gasteiger partial charge in [-0.05, 0) is 35.8 Å². The molecule has 2 aromatic carbocycles. The maximum absolute atomic E-state index is 12.3. The Labute approximate surface area is 167 Å². The summed E-state index contributed by atoms with van der Waals surface area (Å²) in [6, 6.07) is 15.3. The van der Waals surface area contributed by atoms with Gasteiger partial charge in [-0.1, -0.05) is 71.4 Å². The molecule has 1 aliphatic rings. The van der Waals surface area contributed by atoms with Crippen LogP contribution in [0.2, 0.25) is 10.0 Å². The molecule has 1 fully saturated rings. The standard InChI is InChI=1S/C20H17Cl2NO2S/c1-2-6-16(14-7-4-3-5-8-14)19(23-11-12-25-20(23)24)26-18-10-9-15(21)13-17(18)22/h2-5,7-10,13H,1,6,11-12H2/b19-16+. The van der Waals surface area contributed by atoms with Crippen LogP contribution in [-0.2, 0) is 4.74 Å². The van der Waals surface area contributed by atoms with Crippen molar-refractivity contribution in [2.75, 3.05) is 13.2 Å². The zero-order valence-corrected chi connectivity index (χ0v) is 16.3. The molecule has 134 valence electrons. The van der Waals surface area contributed by atoms with Crippen molar-refractivity contribution < 1.29 is 9.53 Å². The van der Waals surface area contributed by atoms with Gasteiger partial charge in [-0.15, -0.1) is 6.58 Å². The van der Waals surface area contributed by atoms with Crippen LogP contribution in [0.25, 0.3) is 5.57 Å². The number of allylic oxidation sites excluding steroid dienone is 2. The van der Waals surface area contributed by atoms with Gasteiger partial charge < -0.3 is 4.74 Å². The third-order valence-corrected chi connectivity index (χ3v) is 5.73. The molecule has 3 nitrogen and oxygen atoms in total. The maximum atomic E-state index is 12.3. The molecule has 26 heavy (non-hydrogen) atoms. The molecule has 1 heterocycles. The molecule has 1 amide bonds. The first-order valence-electron chi connectivity index (χ1n) is 8.07. The molecule has 2 aromatic rings. The predicted molar refractivity (Wildman–Crippen MR) is 109 cm³/mol. The summed E-state index contributed by atoms with van der Waals surface area (Å²) in [5.74, 6) is 0. The van der Waals surface area contributed by atoms with Gasteiger partial charge in [0.15, 0.2) is 0 Å². The highest BCUT2D eigenvalue weighted by molar-refractivity contribution is 8.03. The van der Waals surface area contributed by atoms with Gasteiger partial charge in [-0.3, -0.25) is 4.90 Å². The third-order valence-electron chi connectivity index (χ3n) is 3.84. The van der Waals surface area contributed by atoms with Crippen LogP contribution in [0, 0.1) is 0 Å². The Bertz CT molecular complexity index is 852. The van der Waals surface area contributed by atoms with Crippen molar-refractivity contribution in [3.63, 3.8) is 0 Å². The smallest absolute Gasteiger partial charge is 0.414 e. The summed E-state index contributed by atoms with van der Waals surface area (Å²) in [4.78, 5) is 14.7. The lowest BCUT2D eigenvalue weighted by Crippen LogP contribution is -2.23. The monoisotopic (exact) mass is 405 g/mol. The van der Waals surface area contributed by atoms with E-state index in [0.29, 0.717) is 29.6 Å². The highest BCUT2D eigenvalue weighted by atomic mass is 35.5. The fourth-order valence-electron chi connectivity index (χ4n) is 2.63. The van der Waals surface area contributed by atoms with Crippen LogP contribution in [0.15, 0.2) is 71.1 Å². The Morgan fingerprint density at radius 3 is 2.62 bits per heavy atom. The third kappa shape index (κ3) is 4.26. The molecule has 0 radical (unpaired) electrons. The average Bonchev–Trinajstić information content (AvgIpc) is 3.06. The van der Waals surface area contributed by atoms with Crippen LogP contribution in [0.5, 0.6) is 0 Å². The van der Waals surface area contributed by atoms with Crippen molar-refractivity contribution >= 4 is 46.6 Å². The fraction of sp³-hybridized carbons (Fsp3) is 0.150. The Morgan fingerprint density at radius 2 is 2.00 bits per heavy atom. The molecule has 1 aliphatic heterocycles. The molecule has 6 heteroatoms. The quantitative estimate of drug-likeness (QED) is 0.406. The number of thioether (sulfide) groups is 1. The highest BCUT2D eigenvalue weighted by Gasteiger charge is 2.29. The molecule has 0 spiro atoms. The van der Waals surface area contributed by atoms with E-state index in [1.54, 1.807) is 17.0 Å². The van der Waals surface area contributed by atoms with Crippen LogP contribution in [-0.4, -0.2) is 24.1 Å². The average molecular weight is 406 g/mol. The van der Waals surface area contributed by atoms with Crippen molar-refractivity contribution in [2.24, 2.45) is 0 Å². The normalized spacial score (nSPS) is 14.8. The Hall–Kier alpha value is -1.88. The first-order chi connectivity index (χ1) is 12.6. The van der Waals surface area contributed by atoms with Crippen LogP contribution >= 0.6 is 35.0 Å². The minimum Gasteiger partial charge on any atom is -0.447 e. The summed E-state index contributed by atoms with van der Waals surface area (Å²) in [5.41, 5.74) is 2.02. The number of rotatable bonds is 6. The summed E-state index contributed by atoms with van der Waals surface area (Å²) < 4.78 is 5.16. The van der Waals surface area contributed by atoms with E-state index in [1.807, 2.05) is 42.5 Å². The van der Waals surface area contributed by atoms with E-state index in [0.717, 1.165) is 21.1 Å². The van der Waals surface area contributed by atoms with Gasteiger partial charge in [-0.2, -0.15) is 0 Å². The van der Waals surface area contributed by atoms with Gasteiger partial charge in [0.05, 0.1) is 16.6 Å². The number of nitrogens with zero attached hydrogens (tertiary/aromatic N) is 1. The van der Waals surface area contributed by atoms with Crippen molar-refractivity contribution in [1.82, 2.24) is 4.90 Å². The van der Waals surface area contributed by atoms with Gasteiger partial charge in [0, 0.05) is 9.92 Å². The van der Waals surface area contributed by atoms with E-state index in [1.165, 1.54) is 11.8 Å². The van der Waals surface area contributed by atoms with Crippen molar-refractivity contribution in [3.8, 4) is 0 Å². The van der Waals surface area contributed by atoms with E-state index in [9.17, 15) is 4.79 Å². The minimum atomic E-state index is -0.352.